The quantitative estimate of drug-likeness (QED) is 0.614. The summed E-state index contributed by atoms with van der Waals surface area (Å²) in [6, 6.07) is 13.3. The lowest BCUT2D eigenvalue weighted by Crippen LogP contribution is -2.15. The van der Waals surface area contributed by atoms with Crippen LogP contribution in [0.2, 0.25) is 5.02 Å². The van der Waals surface area contributed by atoms with Gasteiger partial charge in [-0.15, -0.1) is 0 Å². The van der Waals surface area contributed by atoms with Gasteiger partial charge in [-0.2, -0.15) is 18.4 Å². The van der Waals surface area contributed by atoms with Gasteiger partial charge in [-0.05, 0) is 42.3 Å². The fourth-order valence-electron chi connectivity index (χ4n) is 2.85. The van der Waals surface area contributed by atoms with Gasteiger partial charge in [0.1, 0.15) is 17.4 Å². The molecule has 0 amide bonds. The Bertz CT molecular complexity index is 1040. The molecule has 3 rings (SSSR count). The van der Waals surface area contributed by atoms with Crippen molar-refractivity contribution in [1.29, 1.82) is 5.26 Å². The van der Waals surface area contributed by atoms with Crippen molar-refractivity contribution in [1.82, 2.24) is 4.98 Å². The summed E-state index contributed by atoms with van der Waals surface area (Å²) in [7, 11) is 1.46. The van der Waals surface area contributed by atoms with Gasteiger partial charge in [0, 0.05) is 17.0 Å². The lowest BCUT2D eigenvalue weighted by atomic mass is 10.0. The van der Waals surface area contributed by atoms with E-state index in [9.17, 15) is 18.4 Å². The molecule has 0 saturated heterocycles. The van der Waals surface area contributed by atoms with Gasteiger partial charge >= 0.3 is 6.18 Å². The number of nitrogens with zero attached hydrogens (tertiary/aromatic N) is 2. The number of anilines is 1. The molecule has 0 aliphatic heterocycles. The highest BCUT2D eigenvalue weighted by Gasteiger charge is 2.37. The number of halogens is 4. The van der Waals surface area contributed by atoms with Crippen LogP contribution in [0.4, 0.5) is 18.9 Å². The van der Waals surface area contributed by atoms with E-state index in [1.165, 1.54) is 19.2 Å². The molecule has 0 atom stereocenters. The Labute approximate surface area is 164 Å². The topological polar surface area (TPSA) is 57.9 Å². The minimum atomic E-state index is -4.74. The Morgan fingerprint density at radius 2 is 1.89 bits per heavy atom. The second kappa shape index (κ2) is 7.95. The molecule has 0 radical (unpaired) electrons. The number of nitriles is 1. The highest BCUT2D eigenvalue weighted by molar-refractivity contribution is 6.30. The van der Waals surface area contributed by atoms with E-state index in [1.807, 2.05) is 12.1 Å². The van der Waals surface area contributed by atoms with Crippen molar-refractivity contribution in [2.45, 2.75) is 12.6 Å². The molecule has 144 valence electrons. The van der Waals surface area contributed by atoms with Crippen LogP contribution in [0.3, 0.4) is 0 Å². The Hall–Kier alpha value is -2.98. The van der Waals surface area contributed by atoms with E-state index < -0.39 is 17.4 Å². The second-order valence-electron chi connectivity index (χ2n) is 6.01. The van der Waals surface area contributed by atoms with Crippen molar-refractivity contribution in [2.75, 3.05) is 19.0 Å². The lowest BCUT2D eigenvalue weighted by Gasteiger charge is -2.16. The molecule has 1 heterocycles. The van der Waals surface area contributed by atoms with Crippen molar-refractivity contribution in [3.8, 4) is 11.8 Å². The molecular weight excluding hydrogens is 391 g/mol. The number of alkyl halides is 3. The van der Waals surface area contributed by atoms with Crippen molar-refractivity contribution < 1.29 is 17.9 Å². The first-order valence-corrected chi connectivity index (χ1v) is 8.68. The number of nitrogens with one attached hydrogen (secondary N) is 1. The zero-order chi connectivity index (χ0) is 20.3. The van der Waals surface area contributed by atoms with Crippen molar-refractivity contribution in [2.24, 2.45) is 0 Å². The van der Waals surface area contributed by atoms with E-state index in [2.05, 4.69) is 10.3 Å². The summed E-state index contributed by atoms with van der Waals surface area (Å²) in [6.45, 7) is 0.323. The number of pyridine rings is 1. The number of rotatable bonds is 5. The van der Waals surface area contributed by atoms with Gasteiger partial charge in [-0.25, -0.2) is 4.98 Å². The van der Waals surface area contributed by atoms with E-state index in [1.54, 1.807) is 24.3 Å². The Morgan fingerprint density at radius 3 is 2.50 bits per heavy atom. The molecule has 1 N–H and O–H groups in total. The predicted molar refractivity (Wildman–Crippen MR) is 102 cm³/mol. The van der Waals surface area contributed by atoms with Gasteiger partial charge < -0.3 is 10.1 Å². The number of methoxy groups -OCH3 is 1. The number of hydrogen-bond donors (Lipinski definition) is 1. The summed E-state index contributed by atoms with van der Waals surface area (Å²) in [5.41, 5.74) is -0.567. The van der Waals surface area contributed by atoms with E-state index in [4.69, 9.17) is 16.3 Å². The number of ether oxygens (including phenoxy) is 1. The molecule has 3 aromatic rings. The third-order valence-corrected chi connectivity index (χ3v) is 4.45. The highest BCUT2D eigenvalue weighted by atomic mass is 35.5. The molecule has 4 nitrogen and oxygen atoms in total. The zero-order valence-corrected chi connectivity index (χ0v) is 15.5. The van der Waals surface area contributed by atoms with Gasteiger partial charge in [0.15, 0.2) is 5.69 Å². The maximum Gasteiger partial charge on any atom is 0.434 e. The Kier molecular flexibility index (Phi) is 5.61. The standard InChI is InChI=1S/C20H15ClF3N3O/c1-28-14-6-7-17-15(10-14)18(16(11-25)19(27-17)20(22,23)24)26-9-8-12-2-4-13(21)5-3-12/h2-7,10H,8-9H2,1H3,(H,26,27). The van der Waals surface area contributed by atoms with Gasteiger partial charge in [0.05, 0.1) is 18.3 Å². The minimum absolute atomic E-state index is 0.0905. The smallest absolute Gasteiger partial charge is 0.434 e. The Balaban J connectivity index is 2.03. The third-order valence-electron chi connectivity index (χ3n) is 4.20. The maximum atomic E-state index is 13.4. The van der Waals surface area contributed by atoms with Gasteiger partial charge in [0.2, 0.25) is 0 Å². The van der Waals surface area contributed by atoms with Crippen LogP contribution in [0.25, 0.3) is 10.9 Å². The third kappa shape index (κ3) is 4.12. The van der Waals surface area contributed by atoms with E-state index in [0.717, 1.165) is 5.56 Å². The average Bonchev–Trinajstić information content (AvgIpc) is 2.67. The Morgan fingerprint density at radius 1 is 1.18 bits per heavy atom. The van der Waals surface area contributed by atoms with Gasteiger partial charge in [0.25, 0.3) is 0 Å². The lowest BCUT2D eigenvalue weighted by molar-refractivity contribution is -0.141. The molecule has 1 aromatic heterocycles. The number of aromatic nitrogens is 1. The molecule has 2 aromatic carbocycles. The van der Waals surface area contributed by atoms with Crippen LogP contribution in [0.15, 0.2) is 42.5 Å². The van der Waals surface area contributed by atoms with Crippen LogP contribution in [0, 0.1) is 11.3 Å². The molecule has 0 fully saturated rings. The molecule has 0 unspecified atom stereocenters. The molecule has 0 bridgehead atoms. The molecule has 0 aliphatic rings. The predicted octanol–water partition coefficient (Wildman–Crippen LogP) is 5.44. The molecule has 28 heavy (non-hydrogen) atoms. The minimum Gasteiger partial charge on any atom is -0.497 e. The zero-order valence-electron chi connectivity index (χ0n) is 14.8. The van der Waals surface area contributed by atoms with Crippen molar-refractivity contribution in [3.63, 3.8) is 0 Å². The first kappa shape index (κ1) is 19.8. The maximum absolute atomic E-state index is 13.4. The fraction of sp³-hybridized carbons (Fsp3) is 0.200. The number of hydrogen-bond acceptors (Lipinski definition) is 4. The summed E-state index contributed by atoms with van der Waals surface area (Å²) in [5, 5.41) is 13.4. The van der Waals surface area contributed by atoms with Gasteiger partial charge in [-0.3, -0.25) is 0 Å². The summed E-state index contributed by atoms with van der Waals surface area (Å²) in [6.07, 6.45) is -4.21. The largest absolute Gasteiger partial charge is 0.497 e. The van der Waals surface area contributed by atoms with E-state index >= 15 is 0 Å². The molecule has 0 spiro atoms. The summed E-state index contributed by atoms with van der Waals surface area (Å²) in [5.74, 6) is 0.457. The number of fused-ring (bicyclic) bond motifs is 1. The highest BCUT2D eigenvalue weighted by Crippen LogP contribution is 2.38. The van der Waals surface area contributed by atoms with E-state index in [0.29, 0.717) is 29.1 Å². The molecule has 0 aliphatic carbocycles. The van der Waals surface area contributed by atoms with Crippen LogP contribution in [0.1, 0.15) is 16.8 Å². The van der Waals surface area contributed by atoms with Crippen molar-refractivity contribution in [3.05, 3.63) is 64.3 Å². The molecule has 8 heteroatoms. The number of benzene rings is 2. The van der Waals surface area contributed by atoms with Crippen LogP contribution < -0.4 is 10.1 Å². The second-order valence-corrected chi connectivity index (χ2v) is 6.44. The van der Waals surface area contributed by atoms with Crippen LogP contribution in [0.5, 0.6) is 5.75 Å². The molecular formula is C20H15ClF3N3O. The van der Waals surface area contributed by atoms with Gasteiger partial charge in [-0.1, -0.05) is 23.7 Å². The first-order chi connectivity index (χ1) is 13.3. The fourth-order valence-corrected chi connectivity index (χ4v) is 2.98. The van der Waals surface area contributed by atoms with Crippen LogP contribution >= 0.6 is 11.6 Å². The van der Waals surface area contributed by atoms with Crippen molar-refractivity contribution >= 4 is 28.2 Å². The SMILES string of the molecule is COc1ccc2nc(C(F)(F)F)c(C#N)c(NCCc3ccc(Cl)cc3)c2c1. The van der Waals surface area contributed by atoms with Crippen LogP contribution in [-0.4, -0.2) is 18.6 Å². The van der Waals surface area contributed by atoms with Crippen LogP contribution in [-0.2, 0) is 12.6 Å². The first-order valence-electron chi connectivity index (χ1n) is 8.31. The molecule has 0 saturated carbocycles. The summed E-state index contributed by atoms with van der Waals surface area (Å²) in [4.78, 5) is 3.67. The monoisotopic (exact) mass is 405 g/mol. The average molecular weight is 406 g/mol. The summed E-state index contributed by atoms with van der Waals surface area (Å²) < 4.78 is 45.5. The summed E-state index contributed by atoms with van der Waals surface area (Å²) >= 11 is 5.86. The van der Waals surface area contributed by atoms with E-state index in [-0.39, 0.29) is 11.2 Å². The normalized spacial score (nSPS) is 11.3.